The van der Waals surface area contributed by atoms with Crippen LogP contribution in [0.4, 0.5) is 29.7 Å². The zero-order chi connectivity index (χ0) is 22.4. The Bertz CT molecular complexity index is 1060. The fraction of sp³-hybridized carbons (Fsp3) is 0.286. The molecule has 1 atom stereocenters. The van der Waals surface area contributed by atoms with Crippen LogP contribution in [0.3, 0.4) is 0 Å². The van der Waals surface area contributed by atoms with Crippen LogP contribution >= 0.6 is 0 Å². The monoisotopic (exact) mass is 433 g/mol. The molecule has 1 aromatic heterocycles. The molecule has 1 amide bonds. The average molecular weight is 433 g/mol. The highest BCUT2D eigenvalue weighted by Gasteiger charge is 2.30. The van der Waals surface area contributed by atoms with E-state index < -0.39 is 17.8 Å². The van der Waals surface area contributed by atoms with Gasteiger partial charge >= 0.3 is 12.3 Å². The number of carboxylic acid groups (broad SMARTS) is 1. The smallest absolute Gasteiger partial charge is 0.416 e. The van der Waals surface area contributed by atoms with Crippen LogP contribution in [0.25, 0.3) is 10.9 Å². The summed E-state index contributed by atoms with van der Waals surface area (Å²) in [6.07, 6.45) is -5.13. The summed E-state index contributed by atoms with van der Waals surface area (Å²) in [4.78, 5) is 19.6. The van der Waals surface area contributed by atoms with Gasteiger partial charge in [0.1, 0.15) is 5.82 Å². The molecule has 0 aliphatic heterocycles. The van der Waals surface area contributed by atoms with Crippen molar-refractivity contribution in [3.8, 4) is 0 Å². The zero-order valence-electron chi connectivity index (χ0n) is 16.7. The van der Waals surface area contributed by atoms with E-state index in [4.69, 9.17) is 5.11 Å². The van der Waals surface area contributed by atoms with Gasteiger partial charge in [-0.05, 0) is 37.1 Å². The van der Waals surface area contributed by atoms with Gasteiger partial charge in [-0.3, -0.25) is 0 Å². The third kappa shape index (κ3) is 6.21. The van der Waals surface area contributed by atoms with Gasteiger partial charge in [-0.25, -0.2) is 9.78 Å². The number of rotatable bonds is 8. The predicted octanol–water partition coefficient (Wildman–Crippen LogP) is 4.37. The number of hydrogen-bond donors (Lipinski definition) is 4. The Kier molecular flexibility index (Phi) is 6.78. The minimum absolute atomic E-state index is 0.186. The highest BCUT2D eigenvalue weighted by molar-refractivity contribution is 5.90. The van der Waals surface area contributed by atoms with Crippen LogP contribution < -0.4 is 16.0 Å². The third-order valence-electron chi connectivity index (χ3n) is 4.50. The van der Waals surface area contributed by atoms with Gasteiger partial charge in [0.05, 0.1) is 11.1 Å². The van der Waals surface area contributed by atoms with E-state index in [2.05, 4.69) is 25.9 Å². The topological polar surface area (TPSA) is 99.2 Å². The van der Waals surface area contributed by atoms with Gasteiger partial charge in [0.2, 0.25) is 5.95 Å². The van der Waals surface area contributed by atoms with Crippen molar-refractivity contribution in [1.29, 1.82) is 0 Å². The molecule has 1 unspecified atom stereocenters. The van der Waals surface area contributed by atoms with E-state index >= 15 is 0 Å². The molecule has 0 saturated carbocycles. The Labute approximate surface area is 176 Å². The van der Waals surface area contributed by atoms with Gasteiger partial charge in [0, 0.05) is 24.5 Å². The molecule has 1 heterocycles. The number of hydrogen-bond acceptors (Lipinski definition) is 5. The predicted molar refractivity (Wildman–Crippen MR) is 112 cm³/mol. The Hall–Kier alpha value is -3.56. The lowest BCUT2D eigenvalue weighted by molar-refractivity contribution is -0.137. The second-order valence-electron chi connectivity index (χ2n) is 7.02. The number of para-hydroxylation sites is 1. The molecule has 0 spiro atoms. The Morgan fingerprint density at radius 3 is 2.65 bits per heavy atom. The summed E-state index contributed by atoms with van der Waals surface area (Å²) in [7, 11) is 0. The number of nitrogens with zero attached hydrogens (tertiary/aromatic N) is 2. The highest BCUT2D eigenvalue weighted by atomic mass is 19.4. The first-order valence-electron chi connectivity index (χ1n) is 9.62. The molecule has 0 aliphatic carbocycles. The molecule has 7 nitrogen and oxygen atoms in total. The van der Waals surface area contributed by atoms with Crippen molar-refractivity contribution in [1.82, 2.24) is 15.3 Å². The summed E-state index contributed by atoms with van der Waals surface area (Å²) < 4.78 is 38.6. The minimum Gasteiger partial charge on any atom is -0.465 e. The highest BCUT2D eigenvalue weighted by Crippen LogP contribution is 2.29. The molecular formula is C21H22F3N5O2. The fourth-order valence-corrected chi connectivity index (χ4v) is 3.01. The molecule has 10 heteroatoms. The maximum Gasteiger partial charge on any atom is 0.416 e. The number of amides is 1. The summed E-state index contributed by atoms with van der Waals surface area (Å²) in [5, 5.41) is 18.1. The van der Waals surface area contributed by atoms with Crippen LogP contribution in [-0.2, 0) is 12.6 Å². The first-order valence-corrected chi connectivity index (χ1v) is 9.62. The Balaban J connectivity index is 1.71. The van der Waals surface area contributed by atoms with Crippen molar-refractivity contribution in [2.75, 3.05) is 23.7 Å². The van der Waals surface area contributed by atoms with E-state index in [9.17, 15) is 18.0 Å². The Morgan fingerprint density at radius 2 is 1.90 bits per heavy atom. The van der Waals surface area contributed by atoms with Crippen molar-refractivity contribution in [2.24, 2.45) is 0 Å². The van der Waals surface area contributed by atoms with Gasteiger partial charge in [0.15, 0.2) is 0 Å². The van der Waals surface area contributed by atoms with E-state index in [1.165, 1.54) is 6.07 Å². The second-order valence-corrected chi connectivity index (χ2v) is 7.02. The van der Waals surface area contributed by atoms with Gasteiger partial charge in [-0.2, -0.15) is 18.2 Å². The van der Waals surface area contributed by atoms with E-state index in [1.54, 1.807) is 6.07 Å². The summed E-state index contributed by atoms with van der Waals surface area (Å²) in [6, 6.07) is 12.3. The quantitative estimate of drug-likeness (QED) is 0.421. The molecule has 0 fully saturated rings. The standard InChI is InChI=1S/C21H22F3N5O2/c1-13(12-26-20(30)31)27-18-16-7-2-3-8-17(16)28-19(29-18)25-10-9-14-5-4-6-15(11-14)21(22,23)24/h2-8,11,13,26H,9-10,12H2,1H3,(H,30,31)(H2,25,27,28,29). The van der Waals surface area contributed by atoms with Crippen LogP contribution in [0.2, 0.25) is 0 Å². The average Bonchev–Trinajstić information content (AvgIpc) is 2.72. The summed E-state index contributed by atoms with van der Waals surface area (Å²) in [5.74, 6) is 0.860. The molecule has 3 rings (SSSR count). The molecular weight excluding hydrogens is 411 g/mol. The molecule has 31 heavy (non-hydrogen) atoms. The van der Waals surface area contributed by atoms with Gasteiger partial charge in [0.25, 0.3) is 0 Å². The first-order chi connectivity index (χ1) is 14.7. The summed E-state index contributed by atoms with van der Waals surface area (Å²) in [5.41, 5.74) is 0.553. The zero-order valence-corrected chi connectivity index (χ0v) is 16.7. The molecule has 0 radical (unpaired) electrons. The molecule has 0 aliphatic rings. The number of carbonyl (C=O) groups is 1. The number of fused-ring (bicyclic) bond motifs is 1. The molecule has 3 aromatic rings. The largest absolute Gasteiger partial charge is 0.465 e. The maximum absolute atomic E-state index is 12.9. The lowest BCUT2D eigenvalue weighted by Gasteiger charge is -2.17. The van der Waals surface area contributed by atoms with Crippen LogP contribution in [0.1, 0.15) is 18.1 Å². The van der Waals surface area contributed by atoms with Crippen molar-refractivity contribution in [2.45, 2.75) is 25.6 Å². The first kappa shape index (κ1) is 22.1. The molecule has 2 aromatic carbocycles. The maximum atomic E-state index is 12.9. The summed E-state index contributed by atoms with van der Waals surface area (Å²) in [6.45, 7) is 2.34. The minimum atomic E-state index is -4.38. The van der Waals surface area contributed by atoms with Crippen LogP contribution in [0.15, 0.2) is 48.5 Å². The van der Waals surface area contributed by atoms with Crippen LogP contribution in [0, 0.1) is 0 Å². The van der Waals surface area contributed by atoms with Crippen molar-refractivity contribution < 1.29 is 23.1 Å². The van der Waals surface area contributed by atoms with Crippen molar-refractivity contribution in [3.05, 3.63) is 59.7 Å². The lowest BCUT2D eigenvalue weighted by Crippen LogP contribution is -2.34. The van der Waals surface area contributed by atoms with Crippen LogP contribution in [-0.4, -0.2) is 40.3 Å². The van der Waals surface area contributed by atoms with E-state index in [-0.39, 0.29) is 12.6 Å². The van der Waals surface area contributed by atoms with Crippen molar-refractivity contribution >= 4 is 28.8 Å². The molecule has 4 N–H and O–H groups in total. The number of alkyl halides is 3. The molecule has 164 valence electrons. The number of aromatic nitrogens is 2. The van der Waals surface area contributed by atoms with Crippen molar-refractivity contribution in [3.63, 3.8) is 0 Å². The Morgan fingerprint density at radius 1 is 1.13 bits per heavy atom. The fourth-order valence-electron chi connectivity index (χ4n) is 3.01. The SMILES string of the molecule is CC(CNC(=O)O)Nc1nc(NCCc2cccc(C(F)(F)F)c2)nc2ccccc12. The lowest BCUT2D eigenvalue weighted by atomic mass is 10.1. The normalized spacial score (nSPS) is 12.4. The van der Waals surface area contributed by atoms with Gasteiger partial charge in [-0.15, -0.1) is 0 Å². The van der Waals surface area contributed by atoms with E-state index in [1.807, 2.05) is 31.2 Å². The summed E-state index contributed by atoms with van der Waals surface area (Å²) >= 11 is 0. The van der Waals surface area contributed by atoms with Crippen LogP contribution in [0.5, 0.6) is 0 Å². The molecule has 0 bridgehead atoms. The number of halogens is 3. The van der Waals surface area contributed by atoms with E-state index in [0.717, 1.165) is 17.5 Å². The van der Waals surface area contributed by atoms with Gasteiger partial charge < -0.3 is 21.1 Å². The number of nitrogens with one attached hydrogen (secondary N) is 3. The van der Waals surface area contributed by atoms with E-state index in [0.29, 0.717) is 35.8 Å². The molecule has 0 saturated heterocycles. The number of anilines is 2. The third-order valence-corrected chi connectivity index (χ3v) is 4.50. The number of benzene rings is 2. The van der Waals surface area contributed by atoms with Gasteiger partial charge in [-0.1, -0.05) is 30.3 Å². The second kappa shape index (κ2) is 9.50.